The average Bonchev–Trinajstić information content (AvgIpc) is 1.99. The highest BCUT2D eigenvalue weighted by atomic mass is 19.4. The fraction of sp³-hybridized carbons (Fsp3) is 0.667. The molecule has 0 aliphatic rings. The van der Waals surface area contributed by atoms with Crippen molar-refractivity contribution in [2.45, 2.75) is 6.18 Å². The molecule has 0 aromatic rings. The Morgan fingerprint density at radius 2 is 2.15 bits per heavy atom. The molecule has 74 valence electrons. The number of nitrogens with zero attached hydrogens (tertiary/aromatic N) is 2. The molecule has 1 N–H and O–H groups in total. The van der Waals surface area contributed by atoms with Crippen LogP contribution >= 0.6 is 0 Å². The predicted octanol–water partition coefficient (Wildman–Crippen LogP) is 0.714. The smallest absolute Gasteiger partial charge is 0.329 e. The summed E-state index contributed by atoms with van der Waals surface area (Å²) in [4.78, 5) is 11.6. The number of nitriles is 1. The first kappa shape index (κ1) is 11.6. The van der Waals surface area contributed by atoms with E-state index in [0.29, 0.717) is 0 Å². The van der Waals surface area contributed by atoms with Crippen LogP contribution in [-0.2, 0) is 0 Å². The zero-order valence-electron chi connectivity index (χ0n) is 6.85. The lowest BCUT2D eigenvalue weighted by atomic mass is 10.6. The van der Waals surface area contributed by atoms with E-state index in [1.54, 1.807) is 11.4 Å². The molecule has 0 aromatic carbocycles. The molecule has 0 fully saturated rings. The van der Waals surface area contributed by atoms with Gasteiger partial charge in [-0.15, -0.1) is 0 Å². The van der Waals surface area contributed by atoms with Crippen molar-refractivity contribution in [1.82, 2.24) is 10.2 Å². The quantitative estimate of drug-likeness (QED) is 0.660. The lowest BCUT2D eigenvalue weighted by molar-refractivity contribution is -0.123. The number of rotatable bonds is 2. The van der Waals surface area contributed by atoms with E-state index >= 15 is 0 Å². The number of halogens is 3. The first-order valence-corrected chi connectivity index (χ1v) is 3.29. The van der Waals surface area contributed by atoms with Crippen LogP contribution in [0.1, 0.15) is 0 Å². The summed E-state index contributed by atoms with van der Waals surface area (Å²) in [6, 6.07) is 0.712. The molecule has 0 saturated carbocycles. The molecule has 0 atom stereocenters. The summed E-state index contributed by atoms with van der Waals surface area (Å²) in [5.74, 6) is 0. The second kappa shape index (κ2) is 4.54. The van der Waals surface area contributed by atoms with Crippen LogP contribution in [-0.4, -0.2) is 37.2 Å². The molecular weight excluding hydrogens is 187 g/mol. The van der Waals surface area contributed by atoms with Gasteiger partial charge in [-0.25, -0.2) is 4.79 Å². The van der Waals surface area contributed by atoms with Crippen molar-refractivity contribution in [3.05, 3.63) is 0 Å². The third-order valence-corrected chi connectivity index (χ3v) is 1.09. The van der Waals surface area contributed by atoms with Crippen molar-refractivity contribution in [1.29, 1.82) is 5.26 Å². The molecule has 2 amide bonds. The van der Waals surface area contributed by atoms with E-state index in [9.17, 15) is 18.0 Å². The summed E-state index contributed by atoms with van der Waals surface area (Å²) in [6.07, 6.45) is -4.43. The van der Waals surface area contributed by atoms with Crippen molar-refractivity contribution < 1.29 is 18.0 Å². The van der Waals surface area contributed by atoms with Crippen molar-refractivity contribution in [3.63, 3.8) is 0 Å². The third-order valence-electron chi connectivity index (χ3n) is 1.09. The molecule has 0 radical (unpaired) electrons. The Bertz CT molecular complexity index is 220. The van der Waals surface area contributed by atoms with E-state index in [-0.39, 0.29) is 6.54 Å². The Balaban J connectivity index is 3.83. The van der Waals surface area contributed by atoms with Gasteiger partial charge in [0.15, 0.2) is 0 Å². The average molecular weight is 195 g/mol. The number of alkyl halides is 3. The van der Waals surface area contributed by atoms with Gasteiger partial charge in [-0.2, -0.15) is 18.4 Å². The summed E-state index contributed by atoms with van der Waals surface area (Å²) < 4.78 is 34.7. The lowest BCUT2D eigenvalue weighted by Crippen LogP contribution is -2.41. The summed E-state index contributed by atoms with van der Waals surface area (Å²) >= 11 is 0. The van der Waals surface area contributed by atoms with Crippen LogP contribution in [0.3, 0.4) is 0 Å². The van der Waals surface area contributed by atoms with Crippen molar-refractivity contribution in [2.75, 3.05) is 20.1 Å². The van der Waals surface area contributed by atoms with Crippen molar-refractivity contribution in [2.24, 2.45) is 0 Å². The van der Waals surface area contributed by atoms with Gasteiger partial charge in [-0.05, 0) is 0 Å². The van der Waals surface area contributed by atoms with Gasteiger partial charge in [0.1, 0.15) is 13.1 Å². The molecule has 7 heteroatoms. The van der Waals surface area contributed by atoms with Gasteiger partial charge in [0.05, 0.1) is 6.07 Å². The molecule has 13 heavy (non-hydrogen) atoms. The van der Waals surface area contributed by atoms with Crippen LogP contribution < -0.4 is 5.32 Å². The van der Waals surface area contributed by atoms with Crippen LogP contribution in [0.25, 0.3) is 0 Å². The minimum atomic E-state index is -4.43. The fourth-order valence-corrected chi connectivity index (χ4v) is 0.489. The largest absolute Gasteiger partial charge is 0.405 e. The van der Waals surface area contributed by atoms with Crippen LogP contribution in [0.2, 0.25) is 0 Å². The molecule has 0 saturated heterocycles. The highest BCUT2D eigenvalue weighted by molar-refractivity contribution is 5.74. The molecule has 0 rings (SSSR count). The van der Waals surface area contributed by atoms with E-state index in [2.05, 4.69) is 0 Å². The number of hydrogen-bond acceptors (Lipinski definition) is 2. The van der Waals surface area contributed by atoms with Crippen LogP contribution in [0, 0.1) is 11.3 Å². The topological polar surface area (TPSA) is 56.1 Å². The van der Waals surface area contributed by atoms with Crippen molar-refractivity contribution in [3.8, 4) is 6.07 Å². The third kappa shape index (κ3) is 5.78. The maximum atomic E-state index is 11.6. The van der Waals surface area contributed by atoms with E-state index in [4.69, 9.17) is 5.26 Å². The standard InChI is InChI=1S/C6H8F3N3O/c1-12(3-2-10)5(13)11-4-6(7,8)9/h3-4H2,1H3,(H,11,13). The molecule has 0 heterocycles. The van der Waals surface area contributed by atoms with E-state index in [0.717, 1.165) is 4.90 Å². The second-order valence-electron chi connectivity index (χ2n) is 2.29. The Hall–Kier alpha value is -1.45. The predicted molar refractivity (Wildman–Crippen MR) is 37.7 cm³/mol. The first-order valence-electron chi connectivity index (χ1n) is 3.29. The van der Waals surface area contributed by atoms with E-state index in [1.807, 2.05) is 0 Å². The van der Waals surface area contributed by atoms with Crippen LogP contribution in [0.5, 0.6) is 0 Å². The summed E-state index contributed by atoms with van der Waals surface area (Å²) in [5, 5.41) is 9.74. The number of amides is 2. The van der Waals surface area contributed by atoms with Gasteiger partial charge < -0.3 is 10.2 Å². The number of urea groups is 1. The minimum absolute atomic E-state index is 0.246. The monoisotopic (exact) mass is 195 g/mol. The lowest BCUT2D eigenvalue weighted by Gasteiger charge is -2.15. The number of carbonyl (C=O) groups excluding carboxylic acids is 1. The zero-order chi connectivity index (χ0) is 10.5. The van der Waals surface area contributed by atoms with Gasteiger partial charge in [-0.3, -0.25) is 0 Å². The van der Waals surface area contributed by atoms with E-state index in [1.165, 1.54) is 7.05 Å². The Morgan fingerprint density at radius 3 is 2.54 bits per heavy atom. The second-order valence-corrected chi connectivity index (χ2v) is 2.29. The van der Waals surface area contributed by atoms with Crippen LogP contribution in [0.4, 0.5) is 18.0 Å². The highest BCUT2D eigenvalue weighted by Crippen LogP contribution is 2.12. The maximum absolute atomic E-state index is 11.6. The van der Waals surface area contributed by atoms with E-state index < -0.39 is 18.8 Å². The molecule has 0 spiro atoms. The number of hydrogen-bond donors (Lipinski definition) is 1. The molecule has 0 unspecified atom stereocenters. The molecule has 4 nitrogen and oxygen atoms in total. The molecule has 0 aliphatic carbocycles. The molecular formula is C6H8F3N3O. The summed E-state index contributed by atoms with van der Waals surface area (Å²) in [6.45, 7) is -1.63. The normalized spacial score (nSPS) is 10.4. The maximum Gasteiger partial charge on any atom is 0.405 e. The van der Waals surface area contributed by atoms with Gasteiger partial charge in [0, 0.05) is 7.05 Å². The molecule has 0 aromatic heterocycles. The Morgan fingerprint density at radius 1 is 1.62 bits per heavy atom. The SMILES string of the molecule is CN(CC#N)C(=O)NCC(F)(F)F. The fourth-order valence-electron chi connectivity index (χ4n) is 0.489. The number of nitrogens with one attached hydrogen (secondary N) is 1. The van der Waals surface area contributed by atoms with Gasteiger partial charge in [-0.1, -0.05) is 0 Å². The minimum Gasteiger partial charge on any atom is -0.329 e. The van der Waals surface area contributed by atoms with Gasteiger partial charge in [0.25, 0.3) is 0 Å². The molecule has 0 aliphatic heterocycles. The molecule has 0 bridgehead atoms. The Kier molecular flexibility index (Phi) is 4.04. The summed E-state index contributed by atoms with van der Waals surface area (Å²) in [7, 11) is 1.23. The highest BCUT2D eigenvalue weighted by Gasteiger charge is 2.28. The number of carbonyl (C=O) groups is 1. The van der Waals surface area contributed by atoms with Gasteiger partial charge in [0.2, 0.25) is 0 Å². The van der Waals surface area contributed by atoms with Crippen LogP contribution in [0.15, 0.2) is 0 Å². The van der Waals surface area contributed by atoms with Crippen molar-refractivity contribution >= 4 is 6.03 Å². The zero-order valence-corrected chi connectivity index (χ0v) is 6.85. The summed E-state index contributed by atoms with van der Waals surface area (Å²) in [5.41, 5.74) is 0. The first-order chi connectivity index (χ1) is 5.87. The van der Waals surface area contributed by atoms with Gasteiger partial charge >= 0.3 is 12.2 Å². The Labute approximate surface area is 72.9 Å².